The predicted octanol–water partition coefficient (Wildman–Crippen LogP) is 6.51. The number of nitrogens with two attached hydrogens (primary N) is 1. The number of nitrogens with zero attached hydrogens (tertiary/aromatic N) is 1. The van der Waals surface area contributed by atoms with E-state index in [0.29, 0.717) is 22.7 Å². The second kappa shape index (κ2) is 16.3. The first-order valence-corrected chi connectivity index (χ1v) is 15.2. The molecule has 0 aliphatic heterocycles. The summed E-state index contributed by atoms with van der Waals surface area (Å²) < 4.78 is 5.37. The highest BCUT2D eigenvalue weighted by atomic mass is 35.5. The Morgan fingerprint density at radius 3 is 2.19 bits per heavy atom. The molecule has 2 aromatic carbocycles. The number of ether oxygens (including phenoxy) is 1. The highest BCUT2D eigenvalue weighted by Gasteiger charge is 2.38. The van der Waals surface area contributed by atoms with Crippen LogP contribution in [0.2, 0.25) is 5.02 Å². The lowest BCUT2D eigenvalue weighted by molar-refractivity contribution is -0.142. The van der Waals surface area contributed by atoms with Gasteiger partial charge in [0.1, 0.15) is 17.7 Å². The molecule has 236 valence electrons. The first-order chi connectivity index (χ1) is 20.2. The van der Waals surface area contributed by atoms with Gasteiger partial charge in [-0.05, 0) is 76.3 Å². The molecule has 0 radical (unpaired) electrons. The molecule has 4 amide bonds. The quantitative estimate of drug-likeness (QED) is 0.209. The number of para-hydroxylation sites is 1. The number of carbonyl (C=O) groups is 4. The van der Waals surface area contributed by atoms with E-state index in [2.05, 4.69) is 17.6 Å². The zero-order valence-electron chi connectivity index (χ0n) is 26.5. The smallest absolute Gasteiger partial charge is 0.408 e. The van der Waals surface area contributed by atoms with Gasteiger partial charge in [0.05, 0.1) is 17.1 Å². The van der Waals surface area contributed by atoms with E-state index in [0.717, 1.165) is 42.4 Å². The molecule has 43 heavy (non-hydrogen) atoms. The Balaban J connectivity index is 2.64. The minimum Gasteiger partial charge on any atom is -0.444 e. The molecule has 0 fully saturated rings. The van der Waals surface area contributed by atoms with E-state index in [1.807, 2.05) is 45.0 Å². The van der Waals surface area contributed by atoms with Gasteiger partial charge in [-0.1, -0.05) is 74.5 Å². The minimum absolute atomic E-state index is 0.209. The summed E-state index contributed by atoms with van der Waals surface area (Å²) in [5.74, 6) is -1.87. The van der Waals surface area contributed by atoms with Crippen LogP contribution in [0.15, 0.2) is 36.4 Å². The van der Waals surface area contributed by atoms with Crippen LogP contribution in [0.4, 0.5) is 10.5 Å². The van der Waals surface area contributed by atoms with Gasteiger partial charge >= 0.3 is 6.09 Å². The van der Waals surface area contributed by atoms with E-state index in [9.17, 15) is 19.2 Å². The number of hydrogen-bond donors (Lipinski definition) is 3. The molecular formula is C33H47ClN4O5. The number of alkyl carbamates (subject to hydrolysis) is 1. The van der Waals surface area contributed by atoms with Crippen LogP contribution in [-0.4, -0.2) is 46.9 Å². The average molecular weight is 615 g/mol. The second-order valence-electron chi connectivity index (χ2n) is 11.9. The lowest BCUT2D eigenvalue weighted by atomic mass is 9.94. The van der Waals surface area contributed by atoms with E-state index in [4.69, 9.17) is 22.1 Å². The van der Waals surface area contributed by atoms with Crippen molar-refractivity contribution in [2.75, 3.05) is 11.9 Å². The van der Waals surface area contributed by atoms with Crippen LogP contribution in [-0.2, 0) is 19.1 Å². The first-order valence-electron chi connectivity index (χ1n) is 14.9. The van der Waals surface area contributed by atoms with Crippen molar-refractivity contribution in [1.82, 2.24) is 10.2 Å². The maximum atomic E-state index is 14.3. The standard InChI is InChI=1S/C33H47ClN4O5/c1-8-9-10-11-12-19-38(31(41)26(20-27(35)39)36-32(42)43-33(5,6)7)29(24-17-13-15-21(2)23(24)4)30(40)37-28-22(3)16-14-18-25(28)34/h13-18,26,29H,8-12,19-20H2,1-7H3,(H2,35,39)(H,36,42)(H,37,40). The van der Waals surface area contributed by atoms with E-state index >= 15 is 0 Å². The fourth-order valence-corrected chi connectivity index (χ4v) is 5.07. The van der Waals surface area contributed by atoms with E-state index in [1.165, 1.54) is 4.90 Å². The Hall–Kier alpha value is -3.59. The predicted molar refractivity (Wildman–Crippen MR) is 171 cm³/mol. The molecule has 0 spiro atoms. The van der Waals surface area contributed by atoms with Crippen molar-refractivity contribution in [2.45, 2.75) is 105 Å². The molecule has 2 aromatic rings. The summed E-state index contributed by atoms with van der Waals surface area (Å²) in [6.07, 6.45) is 3.19. The molecule has 0 saturated carbocycles. The normalized spacial score (nSPS) is 12.7. The number of unbranched alkanes of at least 4 members (excludes halogenated alkanes) is 4. The minimum atomic E-state index is -1.34. The van der Waals surface area contributed by atoms with Gasteiger partial charge < -0.3 is 26.0 Å². The van der Waals surface area contributed by atoms with E-state index < -0.39 is 47.9 Å². The molecule has 0 aliphatic rings. The van der Waals surface area contributed by atoms with Crippen LogP contribution in [0.5, 0.6) is 0 Å². The van der Waals surface area contributed by atoms with Gasteiger partial charge in [0.15, 0.2) is 0 Å². The summed E-state index contributed by atoms with van der Waals surface area (Å²) in [6.45, 7) is 13.1. The summed E-state index contributed by atoms with van der Waals surface area (Å²) in [5.41, 5.74) is 8.30. The highest BCUT2D eigenvalue weighted by Crippen LogP contribution is 2.32. The number of rotatable bonds is 14. The summed E-state index contributed by atoms with van der Waals surface area (Å²) in [7, 11) is 0. The van der Waals surface area contributed by atoms with E-state index in [-0.39, 0.29) is 6.54 Å². The fraction of sp³-hybridized carbons (Fsp3) is 0.515. The third-order valence-electron chi connectivity index (χ3n) is 7.15. The number of primary amides is 1. The van der Waals surface area contributed by atoms with Crippen molar-refractivity contribution in [2.24, 2.45) is 5.73 Å². The van der Waals surface area contributed by atoms with Gasteiger partial charge in [-0.15, -0.1) is 0 Å². The maximum absolute atomic E-state index is 14.3. The number of aryl methyl sites for hydroxylation is 2. The Bertz CT molecular complexity index is 1270. The number of halogens is 1. The second-order valence-corrected chi connectivity index (χ2v) is 12.3. The monoisotopic (exact) mass is 614 g/mol. The van der Waals surface area contributed by atoms with Gasteiger partial charge in [-0.3, -0.25) is 14.4 Å². The number of carbonyl (C=O) groups excluding carboxylic acids is 4. The van der Waals surface area contributed by atoms with Crippen molar-refractivity contribution in [1.29, 1.82) is 0 Å². The lowest BCUT2D eigenvalue weighted by Crippen LogP contribution is -2.53. The molecule has 2 atom stereocenters. The number of hydrogen-bond acceptors (Lipinski definition) is 5. The molecule has 0 aromatic heterocycles. The molecular weight excluding hydrogens is 568 g/mol. The van der Waals surface area contributed by atoms with Crippen LogP contribution < -0.4 is 16.4 Å². The number of benzene rings is 2. The molecule has 0 aliphatic carbocycles. The molecule has 0 bridgehead atoms. The molecule has 10 heteroatoms. The van der Waals surface area contributed by atoms with Gasteiger partial charge in [0.2, 0.25) is 11.8 Å². The van der Waals surface area contributed by atoms with Crippen LogP contribution >= 0.6 is 11.6 Å². The molecule has 4 N–H and O–H groups in total. The number of amides is 4. The Kier molecular flexibility index (Phi) is 13.5. The van der Waals surface area contributed by atoms with Gasteiger partial charge in [-0.2, -0.15) is 0 Å². The molecule has 0 saturated heterocycles. The molecule has 2 unspecified atom stereocenters. The number of nitrogens with one attached hydrogen (secondary N) is 2. The van der Waals surface area contributed by atoms with Crippen molar-refractivity contribution < 1.29 is 23.9 Å². The van der Waals surface area contributed by atoms with Crippen LogP contribution in [0.3, 0.4) is 0 Å². The highest BCUT2D eigenvalue weighted by molar-refractivity contribution is 6.34. The van der Waals surface area contributed by atoms with Crippen LogP contribution in [0.1, 0.15) is 94.5 Å². The average Bonchev–Trinajstić information content (AvgIpc) is 2.90. The molecule has 0 heterocycles. The zero-order chi connectivity index (χ0) is 32.3. The Morgan fingerprint density at radius 2 is 1.58 bits per heavy atom. The third-order valence-corrected chi connectivity index (χ3v) is 7.47. The Morgan fingerprint density at radius 1 is 0.953 bits per heavy atom. The summed E-state index contributed by atoms with van der Waals surface area (Å²) in [4.78, 5) is 54.9. The number of anilines is 1. The van der Waals surface area contributed by atoms with Gasteiger partial charge in [0.25, 0.3) is 5.91 Å². The van der Waals surface area contributed by atoms with Crippen molar-refractivity contribution in [3.63, 3.8) is 0 Å². The van der Waals surface area contributed by atoms with Gasteiger partial charge in [-0.25, -0.2) is 4.79 Å². The topological polar surface area (TPSA) is 131 Å². The Labute approximate surface area is 260 Å². The molecule has 9 nitrogen and oxygen atoms in total. The first kappa shape index (κ1) is 35.6. The zero-order valence-corrected chi connectivity index (χ0v) is 27.3. The van der Waals surface area contributed by atoms with E-state index in [1.54, 1.807) is 32.9 Å². The third kappa shape index (κ3) is 10.9. The summed E-state index contributed by atoms with van der Waals surface area (Å²) >= 11 is 6.46. The summed E-state index contributed by atoms with van der Waals surface area (Å²) in [6, 6.07) is 8.45. The molecule has 2 rings (SSSR count). The van der Waals surface area contributed by atoms with Gasteiger partial charge in [0, 0.05) is 6.54 Å². The lowest BCUT2D eigenvalue weighted by Gasteiger charge is -2.35. The van der Waals surface area contributed by atoms with Crippen molar-refractivity contribution in [3.05, 3.63) is 63.7 Å². The SMILES string of the molecule is CCCCCCCN(C(=O)C(CC(N)=O)NC(=O)OC(C)(C)C)C(C(=O)Nc1c(C)cccc1Cl)c1cccc(C)c1C. The van der Waals surface area contributed by atoms with Crippen molar-refractivity contribution in [3.8, 4) is 0 Å². The maximum Gasteiger partial charge on any atom is 0.408 e. The fourth-order valence-electron chi connectivity index (χ4n) is 4.81. The van der Waals surface area contributed by atoms with Crippen LogP contribution in [0.25, 0.3) is 0 Å². The van der Waals surface area contributed by atoms with Crippen LogP contribution in [0, 0.1) is 20.8 Å². The summed E-state index contributed by atoms with van der Waals surface area (Å²) in [5, 5.41) is 5.85. The largest absolute Gasteiger partial charge is 0.444 e. The van der Waals surface area contributed by atoms with Crippen molar-refractivity contribution >= 4 is 41.1 Å².